The van der Waals surface area contributed by atoms with E-state index in [1.807, 2.05) is 11.9 Å². The molecule has 124 valence electrons. The zero-order chi connectivity index (χ0) is 15.9. The summed E-state index contributed by atoms with van der Waals surface area (Å²) in [4.78, 5) is 1.93. The highest BCUT2D eigenvalue weighted by Crippen LogP contribution is 2.18. The zero-order valence-corrected chi connectivity index (χ0v) is 13.6. The Kier molecular flexibility index (Phi) is 7.05. The topological polar surface area (TPSA) is 41.9 Å². The second-order valence-electron chi connectivity index (χ2n) is 5.76. The van der Waals surface area contributed by atoms with Crippen molar-refractivity contribution in [3.63, 3.8) is 0 Å². The third kappa shape index (κ3) is 5.82. The van der Waals surface area contributed by atoms with E-state index < -0.39 is 6.10 Å². The lowest BCUT2D eigenvalue weighted by molar-refractivity contribution is -0.0238. The van der Waals surface area contributed by atoms with Gasteiger partial charge in [-0.3, -0.25) is 4.90 Å². The Balaban J connectivity index is 1.67. The predicted molar refractivity (Wildman–Crippen MR) is 83.5 cm³/mol. The zero-order valence-electron chi connectivity index (χ0n) is 12.8. The highest BCUT2D eigenvalue weighted by Gasteiger charge is 2.17. The van der Waals surface area contributed by atoms with E-state index in [1.165, 1.54) is 12.1 Å². The minimum Gasteiger partial charge on any atom is -0.389 e. The summed E-state index contributed by atoms with van der Waals surface area (Å²) in [5.74, 6) is -0.348. The summed E-state index contributed by atoms with van der Waals surface area (Å²) in [5.41, 5.74) is 0.832. The maximum absolute atomic E-state index is 13.0. The molecule has 0 radical (unpaired) electrons. The number of rotatable bonds is 8. The van der Waals surface area contributed by atoms with Gasteiger partial charge in [-0.25, -0.2) is 4.39 Å². The molecule has 2 atom stereocenters. The number of ether oxygens (including phenoxy) is 2. The fourth-order valence-corrected chi connectivity index (χ4v) is 2.76. The fourth-order valence-electron chi connectivity index (χ4n) is 2.53. The molecule has 0 aromatic heterocycles. The second-order valence-corrected chi connectivity index (χ2v) is 6.17. The molecule has 22 heavy (non-hydrogen) atoms. The van der Waals surface area contributed by atoms with Gasteiger partial charge >= 0.3 is 0 Å². The first kappa shape index (κ1) is 17.6. The van der Waals surface area contributed by atoms with Crippen LogP contribution in [0.2, 0.25) is 5.02 Å². The molecule has 1 saturated heterocycles. The quantitative estimate of drug-likeness (QED) is 0.794. The Morgan fingerprint density at radius 1 is 1.55 bits per heavy atom. The van der Waals surface area contributed by atoms with Gasteiger partial charge < -0.3 is 14.6 Å². The normalized spacial score (nSPS) is 19.8. The smallest absolute Gasteiger partial charge is 0.124 e. The standard InChI is InChI=1S/C16H23ClFNO3/c1-19(8-12-4-5-13(18)7-16(12)17)9-14(20)10-21-11-15-3-2-6-22-15/h4-5,7,14-15,20H,2-3,6,8-11H2,1H3. The summed E-state index contributed by atoms with van der Waals surface area (Å²) in [5, 5.41) is 10.4. The minimum absolute atomic E-state index is 0.169. The van der Waals surface area contributed by atoms with E-state index in [9.17, 15) is 9.50 Å². The van der Waals surface area contributed by atoms with Crippen molar-refractivity contribution >= 4 is 11.6 Å². The summed E-state index contributed by atoms with van der Waals surface area (Å²) in [7, 11) is 1.88. The molecule has 0 saturated carbocycles. The highest BCUT2D eigenvalue weighted by molar-refractivity contribution is 6.31. The van der Waals surface area contributed by atoms with Crippen molar-refractivity contribution in [1.29, 1.82) is 0 Å². The molecule has 0 aliphatic carbocycles. The van der Waals surface area contributed by atoms with Gasteiger partial charge in [-0.15, -0.1) is 0 Å². The largest absolute Gasteiger partial charge is 0.389 e. The van der Waals surface area contributed by atoms with E-state index in [0.29, 0.717) is 24.7 Å². The van der Waals surface area contributed by atoms with Gasteiger partial charge in [-0.05, 0) is 37.6 Å². The molecule has 4 nitrogen and oxygen atoms in total. The lowest BCUT2D eigenvalue weighted by atomic mass is 10.2. The van der Waals surface area contributed by atoms with Crippen LogP contribution in [0, 0.1) is 5.82 Å². The molecule has 2 unspecified atom stereocenters. The third-order valence-electron chi connectivity index (χ3n) is 3.62. The maximum atomic E-state index is 13.0. The fraction of sp³-hybridized carbons (Fsp3) is 0.625. The van der Waals surface area contributed by atoms with E-state index in [0.717, 1.165) is 25.0 Å². The number of hydrogen-bond donors (Lipinski definition) is 1. The number of nitrogens with zero attached hydrogens (tertiary/aromatic N) is 1. The van der Waals surface area contributed by atoms with Gasteiger partial charge in [0.15, 0.2) is 0 Å². The van der Waals surface area contributed by atoms with Gasteiger partial charge in [-0.2, -0.15) is 0 Å². The molecule has 1 aromatic carbocycles. The molecule has 0 amide bonds. The van der Waals surface area contributed by atoms with E-state index in [1.54, 1.807) is 6.07 Å². The van der Waals surface area contributed by atoms with Crippen molar-refractivity contribution in [2.45, 2.75) is 31.6 Å². The molecule has 1 aliphatic heterocycles. The van der Waals surface area contributed by atoms with Crippen LogP contribution in [0.1, 0.15) is 18.4 Å². The van der Waals surface area contributed by atoms with Crippen LogP contribution in [0.5, 0.6) is 0 Å². The lowest BCUT2D eigenvalue weighted by Gasteiger charge is -2.21. The Hall–Kier alpha value is -0.720. The first-order chi connectivity index (χ1) is 10.5. The molecular formula is C16H23ClFNO3. The van der Waals surface area contributed by atoms with Crippen molar-refractivity contribution in [2.75, 3.05) is 33.4 Å². The molecule has 2 rings (SSSR count). The van der Waals surface area contributed by atoms with Crippen molar-refractivity contribution < 1.29 is 19.0 Å². The molecule has 1 N–H and O–H groups in total. The first-order valence-electron chi connectivity index (χ1n) is 7.54. The molecule has 1 aromatic rings. The van der Waals surface area contributed by atoms with Gasteiger partial charge in [0, 0.05) is 24.7 Å². The van der Waals surface area contributed by atoms with E-state index in [2.05, 4.69) is 0 Å². The Morgan fingerprint density at radius 2 is 2.36 bits per heavy atom. The number of benzene rings is 1. The van der Waals surface area contributed by atoms with Gasteiger partial charge in [0.25, 0.3) is 0 Å². The van der Waals surface area contributed by atoms with Crippen LogP contribution in [0.15, 0.2) is 18.2 Å². The van der Waals surface area contributed by atoms with Crippen molar-refractivity contribution in [3.8, 4) is 0 Å². The van der Waals surface area contributed by atoms with Crippen LogP contribution in [0.3, 0.4) is 0 Å². The van der Waals surface area contributed by atoms with Gasteiger partial charge in [-0.1, -0.05) is 17.7 Å². The molecular weight excluding hydrogens is 309 g/mol. The Morgan fingerprint density at radius 3 is 3.05 bits per heavy atom. The minimum atomic E-state index is -0.578. The van der Waals surface area contributed by atoms with Gasteiger partial charge in [0.1, 0.15) is 5.82 Å². The number of aliphatic hydroxyl groups is 1. The lowest BCUT2D eigenvalue weighted by Crippen LogP contribution is -2.32. The van der Waals surface area contributed by atoms with Crippen LogP contribution >= 0.6 is 11.6 Å². The van der Waals surface area contributed by atoms with E-state index in [4.69, 9.17) is 21.1 Å². The molecule has 6 heteroatoms. The van der Waals surface area contributed by atoms with Crippen LogP contribution in [-0.4, -0.2) is 55.6 Å². The number of halogens is 2. The Labute approximate surface area is 135 Å². The molecule has 1 aliphatic rings. The number of likely N-dealkylation sites (N-methyl/N-ethyl adjacent to an activating group) is 1. The van der Waals surface area contributed by atoms with Gasteiger partial charge in [0.2, 0.25) is 0 Å². The molecule has 0 bridgehead atoms. The molecule has 1 heterocycles. The summed E-state index contributed by atoms with van der Waals surface area (Å²) < 4.78 is 23.9. The van der Waals surface area contributed by atoms with Crippen LogP contribution in [0.4, 0.5) is 4.39 Å². The van der Waals surface area contributed by atoms with Crippen molar-refractivity contribution in [3.05, 3.63) is 34.6 Å². The Bertz CT molecular complexity index is 469. The first-order valence-corrected chi connectivity index (χ1v) is 7.92. The summed E-state index contributed by atoms with van der Waals surface area (Å²) in [6.07, 6.45) is 1.70. The van der Waals surface area contributed by atoms with Gasteiger partial charge in [0.05, 0.1) is 25.4 Å². The van der Waals surface area contributed by atoms with Crippen LogP contribution in [-0.2, 0) is 16.0 Å². The number of hydrogen-bond acceptors (Lipinski definition) is 4. The summed E-state index contributed by atoms with van der Waals surface area (Å²) >= 11 is 6.00. The second kappa shape index (κ2) is 8.79. The maximum Gasteiger partial charge on any atom is 0.124 e. The van der Waals surface area contributed by atoms with Crippen LogP contribution < -0.4 is 0 Å². The highest BCUT2D eigenvalue weighted by atomic mass is 35.5. The summed E-state index contributed by atoms with van der Waals surface area (Å²) in [6.45, 7) is 2.62. The average Bonchev–Trinajstić information content (AvgIpc) is 2.95. The van der Waals surface area contributed by atoms with Crippen molar-refractivity contribution in [2.24, 2.45) is 0 Å². The monoisotopic (exact) mass is 331 g/mol. The molecule has 1 fully saturated rings. The van der Waals surface area contributed by atoms with Crippen molar-refractivity contribution in [1.82, 2.24) is 4.90 Å². The summed E-state index contributed by atoms with van der Waals surface area (Å²) in [6, 6.07) is 4.34. The average molecular weight is 332 g/mol. The number of aliphatic hydroxyl groups excluding tert-OH is 1. The third-order valence-corrected chi connectivity index (χ3v) is 3.97. The predicted octanol–water partition coefficient (Wildman–Crippen LogP) is 2.47. The van der Waals surface area contributed by atoms with E-state index in [-0.39, 0.29) is 18.5 Å². The van der Waals surface area contributed by atoms with Crippen LogP contribution in [0.25, 0.3) is 0 Å². The SMILES string of the molecule is CN(Cc1ccc(F)cc1Cl)CC(O)COCC1CCCO1. The molecule has 0 spiro atoms. The van der Waals surface area contributed by atoms with E-state index >= 15 is 0 Å².